The molecule has 0 saturated heterocycles. The van der Waals surface area contributed by atoms with Gasteiger partial charge in [-0.1, -0.05) is 18.9 Å². The van der Waals surface area contributed by atoms with Gasteiger partial charge >= 0.3 is 6.01 Å². The molecule has 0 spiro atoms. The Morgan fingerprint density at radius 2 is 2.07 bits per heavy atom. The normalized spacial score (nSPS) is 13.2. The van der Waals surface area contributed by atoms with Gasteiger partial charge in [0.1, 0.15) is 5.38 Å². The third-order valence-corrected chi connectivity index (χ3v) is 1.97. The van der Waals surface area contributed by atoms with Crippen LogP contribution < -0.4 is 5.32 Å². The molecule has 1 heterocycles. The van der Waals surface area contributed by atoms with Crippen LogP contribution in [0, 0.1) is 5.92 Å². The van der Waals surface area contributed by atoms with Crippen molar-refractivity contribution < 1.29 is 4.42 Å². The highest BCUT2D eigenvalue weighted by atomic mass is 35.5. The van der Waals surface area contributed by atoms with Crippen LogP contribution in [0.2, 0.25) is 0 Å². The van der Waals surface area contributed by atoms with E-state index in [4.69, 9.17) is 16.0 Å². The van der Waals surface area contributed by atoms with E-state index < -0.39 is 0 Å². The molecule has 1 aromatic rings. The molecule has 80 valence electrons. The van der Waals surface area contributed by atoms with E-state index in [1.54, 1.807) is 6.92 Å². The van der Waals surface area contributed by atoms with Gasteiger partial charge in [0.15, 0.2) is 0 Å². The lowest BCUT2D eigenvalue weighted by Crippen LogP contribution is -2.04. The lowest BCUT2D eigenvalue weighted by Gasteiger charge is -2.03. The summed E-state index contributed by atoms with van der Waals surface area (Å²) in [7, 11) is 0. The summed E-state index contributed by atoms with van der Waals surface area (Å²) in [5.74, 6) is 1.12. The molecule has 0 fully saturated rings. The number of anilines is 1. The standard InChI is InChI=1S/C9H16ClN3O/c1-6(2)4-5-11-9-13-12-8(14-9)7(3)10/h6-7H,4-5H2,1-3H3,(H,11,13). The molecule has 5 heteroatoms. The van der Waals surface area contributed by atoms with E-state index >= 15 is 0 Å². The highest BCUT2D eigenvalue weighted by Crippen LogP contribution is 2.19. The summed E-state index contributed by atoms with van der Waals surface area (Å²) >= 11 is 5.78. The highest BCUT2D eigenvalue weighted by Gasteiger charge is 2.10. The average molecular weight is 218 g/mol. The van der Waals surface area contributed by atoms with E-state index in [0.29, 0.717) is 17.8 Å². The topological polar surface area (TPSA) is 51.0 Å². The SMILES string of the molecule is CC(C)CCNc1nnc(C(C)Cl)o1. The fourth-order valence-corrected chi connectivity index (χ4v) is 1.02. The number of hydrogen-bond acceptors (Lipinski definition) is 4. The minimum absolute atomic E-state index is 0.233. The number of halogens is 1. The second-order valence-electron chi connectivity index (χ2n) is 3.67. The van der Waals surface area contributed by atoms with Gasteiger partial charge in [0.2, 0.25) is 5.89 Å². The molecule has 0 aliphatic rings. The predicted octanol–water partition coefficient (Wildman–Crippen LogP) is 2.83. The fraction of sp³-hybridized carbons (Fsp3) is 0.778. The number of nitrogens with zero attached hydrogens (tertiary/aromatic N) is 2. The zero-order valence-electron chi connectivity index (χ0n) is 8.75. The molecule has 0 aliphatic carbocycles. The minimum atomic E-state index is -0.233. The second kappa shape index (κ2) is 5.20. The molecule has 0 saturated carbocycles. The van der Waals surface area contributed by atoms with Gasteiger partial charge in [-0.25, -0.2) is 0 Å². The first-order valence-corrected chi connectivity index (χ1v) is 5.24. The molecule has 1 aromatic heterocycles. The zero-order valence-corrected chi connectivity index (χ0v) is 9.51. The molecule has 0 aliphatic heterocycles. The van der Waals surface area contributed by atoms with Crippen molar-refractivity contribution in [1.29, 1.82) is 0 Å². The maximum absolute atomic E-state index is 5.78. The summed E-state index contributed by atoms with van der Waals surface area (Å²) < 4.78 is 5.26. The van der Waals surface area contributed by atoms with Crippen molar-refractivity contribution in [3.8, 4) is 0 Å². The van der Waals surface area contributed by atoms with Crippen LogP contribution >= 0.6 is 11.6 Å². The van der Waals surface area contributed by atoms with Crippen LogP contribution in [0.3, 0.4) is 0 Å². The molecule has 4 nitrogen and oxygen atoms in total. The van der Waals surface area contributed by atoms with E-state index in [-0.39, 0.29) is 5.38 Å². The number of alkyl halides is 1. The molecule has 0 aromatic carbocycles. The third-order valence-electron chi connectivity index (χ3n) is 1.78. The van der Waals surface area contributed by atoms with E-state index in [2.05, 4.69) is 29.4 Å². The van der Waals surface area contributed by atoms with Crippen molar-refractivity contribution in [3.05, 3.63) is 5.89 Å². The monoisotopic (exact) mass is 217 g/mol. The van der Waals surface area contributed by atoms with Gasteiger partial charge in [-0.15, -0.1) is 16.7 Å². The van der Waals surface area contributed by atoms with Crippen molar-refractivity contribution in [2.24, 2.45) is 5.92 Å². The third kappa shape index (κ3) is 3.54. The number of rotatable bonds is 5. The first-order chi connectivity index (χ1) is 6.59. The quantitative estimate of drug-likeness (QED) is 0.771. The van der Waals surface area contributed by atoms with Crippen LogP contribution in [0.15, 0.2) is 4.42 Å². The van der Waals surface area contributed by atoms with E-state index in [1.165, 1.54) is 0 Å². The Kier molecular flexibility index (Phi) is 4.20. The van der Waals surface area contributed by atoms with Crippen molar-refractivity contribution in [2.75, 3.05) is 11.9 Å². The summed E-state index contributed by atoms with van der Waals surface area (Å²) in [6.45, 7) is 6.98. The second-order valence-corrected chi connectivity index (χ2v) is 4.33. The Labute approximate surface area is 89.0 Å². The van der Waals surface area contributed by atoms with Gasteiger partial charge in [0, 0.05) is 6.54 Å². The number of nitrogens with one attached hydrogen (secondary N) is 1. The molecule has 0 amide bonds. The summed E-state index contributed by atoms with van der Waals surface area (Å²) in [6.07, 6.45) is 1.08. The molecule has 1 atom stereocenters. The lowest BCUT2D eigenvalue weighted by molar-refractivity contribution is 0.502. The Morgan fingerprint density at radius 1 is 1.36 bits per heavy atom. The summed E-state index contributed by atoms with van der Waals surface area (Å²) in [5.41, 5.74) is 0. The molecule has 14 heavy (non-hydrogen) atoms. The maximum atomic E-state index is 5.78. The van der Waals surface area contributed by atoms with E-state index in [1.807, 2.05) is 0 Å². The molecule has 0 bridgehead atoms. The number of hydrogen-bond donors (Lipinski definition) is 1. The average Bonchev–Trinajstić information content (AvgIpc) is 2.52. The van der Waals surface area contributed by atoms with Crippen LogP contribution in [0.5, 0.6) is 0 Å². The van der Waals surface area contributed by atoms with E-state index in [0.717, 1.165) is 13.0 Å². The van der Waals surface area contributed by atoms with Crippen molar-refractivity contribution >= 4 is 17.6 Å². The number of aromatic nitrogens is 2. The minimum Gasteiger partial charge on any atom is -0.407 e. The highest BCUT2D eigenvalue weighted by molar-refractivity contribution is 6.20. The van der Waals surface area contributed by atoms with Gasteiger partial charge in [-0.2, -0.15) is 0 Å². The Bertz CT molecular complexity index is 273. The van der Waals surface area contributed by atoms with Crippen LogP contribution in [-0.4, -0.2) is 16.7 Å². The van der Waals surface area contributed by atoms with E-state index in [9.17, 15) is 0 Å². The first kappa shape index (κ1) is 11.3. The van der Waals surface area contributed by atoms with Crippen LogP contribution in [-0.2, 0) is 0 Å². The molecular weight excluding hydrogens is 202 g/mol. The molecule has 0 radical (unpaired) electrons. The largest absolute Gasteiger partial charge is 0.407 e. The Balaban J connectivity index is 2.36. The van der Waals surface area contributed by atoms with Gasteiger partial charge in [-0.05, 0) is 19.3 Å². The maximum Gasteiger partial charge on any atom is 0.315 e. The smallest absolute Gasteiger partial charge is 0.315 e. The Hall–Kier alpha value is -0.770. The predicted molar refractivity (Wildman–Crippen MR) is 56.5 cm³/mol. The Morgan fingerprint density at radius 3 is 2.57 bits per heavy atom. The van der Waals surface area contributed by atoms with Crippen molar-refractivity contribution in [1.82, 2.24) is 10.2 Å². The van der Waals surface area contributed by atoms with Crippen LogP contribution in [0.4, 0.5) is 6.01 Å². The molecule has 1 unspecified atom stereocenters. The summed E-state index contributed by atoms with van der Waals surface area (Å²) in [4.78, 5) is 0. The van der Waals surface area contributed by atoms with Gasteiger partial charge in [0.05, 0.1) is 0 Å². The molecule has 1 rings (SSSR count). The van der Waals surface area contributed by atoms with Gasteiger partial charge in [-0.3, -0.25) is 0 Å². The molecular formula is C9H16ClN3O. The van der Waals surface area contributed by atoms with Crippen molar-refractivity contribution in [3.63, 3.8) is 0 Å². The molecule has 1 N–H and O–H groups in total. The summed E-state index contributed by atoms with van der Waals surface area (Å²) in [6, 6.07) is 0.452. The fourth-order valence-electron chi connectivity index (χ4n) is 0.935. The van der Waals surface area contributed by atoms with Crippen LogP contribution in [0.1, 0.15) is 38.5 Å². The lowest BCUT2D eigenvalue weighted by atomic mass is 10.1. The first-order valence-electron chi connectivity index (χ1n) is 4.81. The van der Waals surface area contributed by atoms with Crippen LogP contribution in [0.25, 0.3) is 0 Å². The summed E-state index contributed by atoms with van der Waals surface area (Å²) in [5, 5.41) is 10.4. The van der Waals surface area contributed by atoms with Crippen molar-refractivity contribution in [2.45, 2.75) is 32.6 Å². The van der Waals surface area contributed by atoms with Gasteiger partial charge < -0.3 is 9.73 Å². The zero-order chi connectivity index (χ0) is 10.6. The van der Waals surface area contributed by atoms with Gasteiger partial charge in [0.25, 0.3) is 0 Å².